The van der Waals surface area contributed by atoms with Crippen LogP contribution in [0.1, 0.15) is 0 Å². The Morgan fingerprint density at radius 3 is 2.44 bits per heavy atom. The van der Waals surface area contributed by atoms with E-state index in [4.69, 9.17) is 23.2 Å². The van der Waals surface area contributed by atoms with E-state index in [0.717, 1.165) is 5.69 Å². The fourth-order valence-electron chi connectivity index (χ4n) is 1.18. The number of benzene rings is 1. The SMILES string of the molecule is CNc1nc(Nc2cc(Cl)cc(Cl)c2)n[nH]1. The standard InChI is InChI=1S/C9H9Cl2N5/c1-12-8-14-9(16-15-8)13-7-3-5(10)2-6(11)4-7/h2-4H,1H3,(H3,12,13,14,15,16). The van der Waals surface area contributed by atoms with E-state index in [0.29, 0.717) is 21.9 Å². The quantitative estimate of drug-likeness (QED) is 0.791. The molecule has 0 fully saturated rings. The van der Waals surface area contributed by atoms with Gasteiger partial charge in [0.05, 0.1) is 0 Å². The van der Waals surface area contributed by atoms with Gasteiger partial charge in [0.15, 0.2) is 0 Å². The molecule has 0 aliphatic heterocycles. The number of aromatic amines is 1. The molecule has 3 N–H and O–H groups in total. The largest absolute Gasteiger partial charge is 0.358 e. The van der Waals surface area contributed by atoms with Crippen molar-refractivity contribution in [3.8, 4) is 0 Å². The predicted octanol–water partition coefficient (Wildman–Crippen LogP) is 2.90. The summed E-state index contributed by atoms with van der Waals surface area (Å²) >= 11 is 11.7. The summed E-state index contributed by atoms with van der Waals surface area (Å²) in [5.74, 6) is 1.03. The van der Waals surface area contributed by atoms with Crippen LogP contribution in [0.5, 0.6) is 0 Å². The Morgan fingerprint density at radius 2 is 1.88 bits per heavy atom. The van der Waals surface area contributed by atoms with Crippen LogP contribution < -0.4 is 10.6 Å². The van der Waals surface area contributed by atoms with Gasteiger partial charge in [0.25, 0.3) is 0 Å². The lowest BCUT2D eigenvalue weighted by Crippen LogP contribution is -1.93. The number of halogens is 2. The molecule has 0 radical (unpaired) electrons. The third-order valence-electron chi connectivity index (χ3n) is 1.84. The molecule has 0 atom stereocenters. The number of nitrogens with zero attached hydrogens (tertiary/aromatic N) is 2. The van der Waals surface area contributed by atoms with Crippen molar-refractivity contribution in [2.75, 3.05) is 17.7 Å². The highest BCUT2D eigenvalue weighted by Crippen LogP contribution is 2.24. The third-order valence-corrected chi connectivity index (χ3v) is 2.28. The molecule has 16 heavy (non-hydrogen) atoms. The van der Waals surface area contributed by atoms with Gasteiger partial charge in [-0.05, 0) is 18.2 Å². The average molecular weight is 258 g/mol. The van der Waals surface area contributed by atoms with Gasteiger partial charge < -0.3 is 10.6 Å². The van der Waals surface area contributed by atoms with Gasteiger partial charge in [-0.3, -0.25) is 0 Å². The van der Waals surface area contributed by atoms with E-state index in [1.165, 1.54) is 0 Å². The van der Waals surface area contributed by atoms with Crippen molar-refractivity contribution in [1.29, 1.82) is 0 Å². The Bertz CT molecular complexity index is 476. The lowest BCUT2D eigenvalue weighted by atomic mass is 10.3. The first kappa shape index (κ1) is 11.0. The minimum absolute atomic E-state index is 0.447. The van der Waals surface area contributed by atoms with Crippen LogP contribution in [0.25, 0.3) is 0 Å². The molecule has 2 aromatic rings. The summed E-state index contributed by atoms with van der Waals surface area (Å²) in [7, 11) is 1.75. The lowest BCUT2D eigenvalue weighted by Gasteiger charge is -2.02. The Labute approximate surface area is 102 Å². The number of hydrogen-bond acceptors (Lipinski definition) is 4. The number of aromatic nitrogens is 3. The van der Waals surface area contributed by atoms with Gasteiger partial charge in [0.2, 0.25) is 11.9 Å². The molecular weight excluding hydrogens is 249 g/mol. The monoisotopic (exact) mass is 257 g/mol. The van der Waals surface area contributed by atoms with Crippen LogP contribution in [0.2, 0.25) is 10.0 Å². The van der Waals surface area contributed by atoms with Crippen molar-refractivity contribution < 1.29 is 0 Å². The van der Waals surface area contributed by atoms with E-state index in [9.17, 15) is 0 Å². The maximum atomic E-state index is 5.86. The van der Waals surface area contributed by atoms with E-state index in [1.807, 2.05) is 0 Å². The van der Waals surface area contributed by atoms with Crippen molar-refractivity contribution in [2.24, 2.45) is 0 Å². The minimum Gasteiger partial charge on any atom is -0.358 e. The summed E-state index contributed by atoms with van der Waals surface area (Å²) in [5, 5.41) is 13.6. The van der Waals surface area contributed by atoms with Gasteiger partial charge in [-0.15, -0.1) is 5.10 Å². The van der Waals surface area contributed by atoms with E-state index < -0.39 is 0 Å². The van der Waals surface area contributed by atoms with Crippen molar-refractivity contribution in [3.05, 3.63) is 28.2 Å². The Hall–Kier alpha value is -1.46. The molecule has 2 rings (SSSR count). The van der Waals surface area contributed by atoms with Crippen LogP contribution in [-0.2, 0) is 0 Å². The van der Waals surface area contributed by atoms with Gasteiger partial charge in [-0.2, -0.15) is 4.98 Å². The second-order valence-electron chi connectivity index (χ2n) is 3.04. The number of hydrogen-bond donors (Lipinski definition) is 3. The molecule has 1 aromatic carbocycles. The molecule has 0 aliphatic rings. The van der Waals surface area contributed by atoms with Gasteiger partial charge in [0, 0.05) is 22.8 Å². The maximum Gasteiger partial charge on any atom is 0.248 e. The molecule has 0 unspecified atom stereocenters. The van der Waals surface area contributed by atoms with Gasteiger partial charge in [-0.25, -0.2) is 5.10 Å². The fraction of sp³-hybridized carbons (Fsp3) is 0.111. The molecular formula is C9H9Cl2N5. The van der Waals surface area contributed by atoms with Crippen molar-refractivity contribution >= 4 is 40.8 Å². The molecule has 84 valence electrons. The second kappa shape index (κ2) is 4.59. The number of H-pyrrole nitrogens is 1. The van der Waals surface area contributed by atoms with Crippen molar-refractivity contribution in [2.45, 2.75) is 0 Å². The molecule has 5 nitrogen and oxygen atoms in total. The molecule has 7 heteroatoms. The first-order valence-electron chi connectivity index (χ1n) is 4.50. The van der Waals surface area contributed by atoms with E-state index in [-0.39, 0.29) is 0 Å². The van der Waals surface area contributed by atoms with Crippen LogP contribution in [0, 0.1) is 0 Å². The zero-order valence-electron chi connectivity index (χ0n) is 8.38. The lowest BCUT2D eigenvalue weighted by molar-refractivity contribution is 1.09. The molecule has 0 amide bonds. The smallest absolute Gasteiger partial charge is 0.248 e. The summed E-state index contributed by atoms with van der Waals surface area (Å²) < 4.78 is 0. The number of anilines is 3. The van der Waals surface area contributed by atoms with Crippen LogP contribution in [0.4, 0.5) is 17.6 Å². The number of rotatable bonds is 3. The Morgan fingerprint density at radius 1 is 1.19 bits per heavy atom. The Balaban J connectivity index is 2.19. The molecule has 0 saturated carbocycles. The minimum atomic E-state index is 0.447. The summed E-state index contributed by atoms with van der Waals surface area (Å²) in [6, 6.07) is 5.14. The zero-order chi connectivity index (χ0) is 11.5. The van der Waals surface area contributed by atoms with E-state index in [2.05, 4.69) is 25.8 Å². The number of nitrogens with one attached hydrogen (secondary N) is 3. The first-order valence-corrected chi connectivity index (χ1v) is 5.26. The van der Waals surface area contributed by atoms with Gasteiger partial charge in [0.1, 0.15) is 0 Å². The highest BCUT2D eigenvalue weighted by molar-refractivity contribution is 6.35. The van der Waals surface area contributed by atoms with Crippen LogP contribution in [-0.4, -0.2) is 22.2 Å². The summed E-state index contributed by atoms with van der Waals surface area (Å²) in [6.07, 6.45) is 0. The average Bonchev–Trinajstić information content (AvgIpc) is 2.64. The van der Waals surface area contributed by atoms with Crippen LogP contribution in [0.15, 0.2) is 18.2 Å². The molecule has 0 aliphatic carbocycles. The zero-order valence-corrected chi connectivity index (χ0v) is 9.89. The maximum absolute atomic E-state index is 5.86. The normalized spacial score (nSPS) is 10.2. The highest BCUT2D eigenvalue weighted by atomic mass is 35.5. The Kier molecular flexibility index (Phi) is 3.17. The molecule has 1 heterocycles. The van der Waals surface area contributed by atoms with E-state index in [1.54, 1.807) is 25.2 Å². The third kappa shape index (κ3) is 2.56. The fourth-order valence-corrected chi connectivity index (χ4v) is 1.71. The summed E-state index contributed by atoms with van der Waals surface area (Å²) in [6.45, 7) is 0. The van der Waals surface area contributed by atoms with Gasteiger partial charge in [-0.1, -0.05) is 23.2 Å². The predicted molar refractivity (Wildman–Crippen MR) is 65.7 cm³/mol. The van der Waals surface area contributed by atoms with Crippen LogP contribution >= 0.6 is 23.2 Å². The summed E-state index contributed by atoms with van der Waals surface area (Å²) in [4.78, 5) is 4.11. The van der Waals surface area contributed by atoms with E-state index >= 15 is 0 Å². The van der Waals surface area contributed by atoms with Crippen molar-refractivity contribution in [1.82, 2.24) is 15.2 Å². The molecule has 0 bridgehead atoms. The first-order chi connectivity index (χ1) is 7.67. The van der Waals surface area contributed by atoms with Crippen molar-refractivity contribution in [3.63, 3.8) is 0 Å². The molecule has 0 saturated heterocycles. The highest BCUT2D eigenvalue weighted by Gasteiger charge is 2.03. The second-order valence-corrected chi connectivity index (χ2v) is 3.91. The molecule has 1 aromatic heterocycles. The molecule has 0 spiro atoms. The topological polar surface area (TPSA) is 65.6 Å². The van der Waals surface area contributed by atoms with Gasteiger partial charge >= 0.3 is 0 Å². The summed E-state index contributed by atoms with van der Waals surface area (Å²) in [5.41, 5.74) is 0.735. The van der Waals surface area contributed by atoms with Crippen LogP contribution in [0.3, 0.4) is 0 Å².